The normalized spacial score (nSPS) is 13.0. The molecule has 2 nitrogen and oxygen atoms in total. The Morgan fingerprint density at radius 2 is 1.30 bits per heavy atom. The van der Waals surface area contributed by atoms with Crippen molar-refractivity contribution in [3.63, 3.8) is 0 Å². The number of hydrogen-bond acceptors (Lipinski definition) is 2. The summed E-state index contributed by atoms with van der Waals surface area (Å²) in [6.07, 6.45) is 0.427. The molecule has 0 aliphatic rings. The first-order valence-corrected chi connectivity index (χ1v) is 11.1. The second-order valence-corrected chi connectivity index (χ2v) is 12.0. The third-order valence-electron chi connectivity index (χ3n) is 4.48. The van der Waals surface area contributed by atoms with Crippen molar-refractivity contribution in [2.45, 2.75) is 32.2 Å². The van der Waals surface area contributed by atoms with Crippen LogP contribution in [0.2, 0.25) is 5.04 Å². The average Bonchev–Trinajstić information content (AvgIpc) is 2.61. The van der Waals surface area contributed by atoms with Gasteiger partial charge in [-0.2, -0.15) is 0 Å². The van der Waals surface area contributed by atoms with Crippen LogP contribution in [0.25, 0.3) is 0 Å². The standard InChI is InChI=1S/C20H27BF3O2Si/c1-20(2,3)27(18-11-6-4-7-12-18,19-13-8-5-9-14-19)26-16-10-15-25-17-21(22,23)24/h4-9,11-14H,10,15-17H2,1-3H3/q-1. The van der Waals surface area contributed by atoms with Crippen LogP contribution in [0.5, 0.6) is 0 Å². The van der Waals surface area contributed by atoms with Gasteiger partial charge in [0, 0.05) is 19.7 Å². The summed E-state index contributed by atoms with van der Waals surface area (Å²) >= 11 is 0. The van der Waals surface area contributed by atoms with E-state index < -0.39 is 21.8 Å². The summed E-state index contributed by atoms with van der Waals surface area (Å²) in [5.74, 6) is 0. The van der Waals surface area contributed by atoms with E-state index in [4.69, 9.17) is 9.16 Å². The molecule has 2 rings (SSSR count). The fourth-order valence-electron chi connectivity index (χ4n) is 3.36. The van der Waals surface area contributed by atoms with Crippen molar-refractivity contribution in [2.24, 2.45) is 0 Å². The largest absolute Gasteiger partial charge is 0.503 e. The Kier molecular flexibility index (Phi) is 7.31. The van der Waals surface area contributed by atoms with Gasteiger partial charge in [-0.3, -0.25) is 0 Å². The first kappa shape index (κ1) is 21.7. The Labute approximate surface area is 160 Å². The molecule has 0 bridgehead atoms. The third-order valence-corrected chi connectivity index (χ3v) is 9.52. The molecular weight excluding hydrogens is 368 g/mol. The molecule has 0 saturated carbocycles. The molecule has 0 radical (unpaired) electrons. The van der Waals surface area contributed by atoms with Crippen LogP contribution in [0.3, 0.4) is 0 Å². The summed E-state index contributed by atoms with van der Waals surface area (Å²) in [5, 5.41) is 2.16. The summed E-state index contributed by atoms with van der Waals surface area (Å²) in [6, 6.07) is 20.3. The van der Waals surface area contributed by atoms with Crippen molar-refractivity contribution in [3.8, 4) is 0 Å². The SMILES string of the molecule is CC(C)(C)[Si](OCCCOC[B-](F)(F)F)(c1ccccc1)c1ccccc1. The van der Waals surface area contributed by atoms with E-state index in [0.717, 1.165) is 10.4 Å². The van der Waals surface area contributed by atoms with Crippen LogP contribution in [-0.2, 0) is 9.16 Å². The zero-order valence-electron chi connectivity index (χ0n) is 16.1. The van der Waals surface area contributed by atoms with Gasteiger partial charge < -0.3 is 22.1 Å². The van der Waals surface area contributed by atoms with E-state index >= 15 is 0 Å². The molecule has 0 unspecified atom stereocenters. The monoisotopic (exact) mass is 395 g/mol. The maximum Gasteiger partial charge on any atom is 0.503 e. The molecule has 0 aliphatic carbocycles. The quantitative estimate of drug-likeness (QED) is 0.464. The topological polar surface area (TPSA) is 18.5 Å². The molecule has 0 aromatic heterocycles. The Bertz CT molecular complexity index is 648. The molecule has 2 aromatic carbocycles. The van der Waals surface area contributed by atoms with Crippen LogP contribution < -0.4 is 10.4 Å². The van der Waals surface area contributed by atoms with Crippen molar-refractivity contribution in [3.05, 3.63) is 60.7 Å². The van der Waals surface area contributed by atoms with Gasteiger partial charge >= 0.3 is 6.98 Å². The predicted molar refractivity (Wildman–Crippen MR) is 108 cm³/mol. The van der Waals surface area contributed by atoms with Crippen molar-refractivity contribution in [1.29, 1.82) is 0 Å². The Hall–Kier alpha value is -1.57. The summed E-state index contributed by atoms with van der Waals surface area (Å²) in [5.41, 5.74) is 0. The van der Waals surface area contributed by atoms with Gasteiger partial charge in [0.25, 0.3) is 8.32 Å². The Morgan fingerprint density at radius 1 is 0.815 bits per heavy atom. The molecule has 0 atom stereocenters. The molecule has 2 aromatic rings. The van der Waals surface area contributed by atoms with Gasteiger partial charge in [0.1, 0.15) is 0 Å². The number of rotatable bonds is 9. The van der Waals surface area contributed by atoms with Crippen molar-refractivity contribution >= 4 is 25.7 Å². The van der Waals surface area contributed by atoms with Crippen molar-refractivity contribution < 1.29 is 22.1 Å². The van der Waals surface area contributed by atoms with Crippen LogP contribution in [-0.4, -0.2) is 35.0 Å². The van der Waals surface area contributed by atoms with Crippen LogP contribution in [0.1, 0.15) is 27.2 Å². The molecule has 0 heterocycles. The first-order valence-electron chi connectivity index (χ1n) is 9.20. The lowest BCUT2D eigenvalue weighted by molar-refractivity contribution is 0.132. The maximum absolute atomic E-state index is 12.3. The number of hydrogen-bond donors (Lipinski definition) is 0. The molecule has 7 heteroatoms. The zero-order valence-corrected chi connectivity index (χ0v) is 17.1. The number of benzene rings is 2. The van der Waals surface area contributed by atoms with Crippen LogP contribution in [0, 0.1) is 0 Å². The van der Waals surface area contributed by atoms with E-state index in [9.17, 15) is 12.9 Å². The van der Waals surface area contributed by atoms with E-state index in [1.165, 1.54) is 0 Å². The van der Waals surface area contributed by atoms with Crippen molar-refractivity contribution in [1.82, 2.24) is 0 Å². The van der Waals surface area contributed by atoms with E-state index in [0.29, 0.717) is 13.0 Å². The summed E-state index contributed by atoms with van der Waals surface area (Å²) in [6.45, 7) is 0.852. The van der Waals surface area contributed by atoms with E-state index in [1.807, 2.05) is 36.4 Å². The van der Waals surface area contributed by atoms with Gasteiger partial charge in [0.05, 0.1) is 0 Å². The second kappa shape index (κ2) is 9.08. The fourth-order valence-corrected chi connectivity index (χ4v) is 7.97. The third kappa shape index (κ3) is 5.70. The highest BCUT2D eigenvalue weighted by Gasteiger charge is 2.49. The van der Waals surface area contributed by atoms with E-state index in [1.54, 1.807) is 0 Å². The van der Waals surface area contributed by atoms with Gasteiger partial charge in [0.2, 0.25) is 0 Å². The Morgan fingerprint density at radius 3 is 1.70 bits per heavy atom. The second-order valence-electron chi connectivity index (χ2n) is 7.65. The molecule has 0 N–H and O–H groups in total. The molecule has 0 saturated heterocycles. The van der Waals surface area contributed by atoms with Crippen molar-refractivity contribution in [2.75, 3.05) is 19.7 Å². The van der Waals surface area contributed by atoms with Crippen LogP contribution in [0.15, 0.2) is 60.7 Å². The highest BCUT2D eigenvalue weighted by Crippen LogP contribution is 2.36. The summed E-state index contributed by atoms with van der Waals surface area (Å²) in [4.78, 5) is 0. The lowest BCUT2D eigenvalue weighted by Gasteiger charge is -2.43. The minimum absolute atomic E-state index is 0.0411. The molecule has 0 spiro atoms. The van der Waals surface area contributed by atoms with Gasteiger partial charge in [-0.1, -0.05) is 81.4 Å². The summed E-state index contributed by atoms with van der Waals surface area (Å²) < 4.78 is 48.1. The smallest absolute Gasteiger partial charge is 0.447 e. The van der Waals surface area contributed by atoms with Crippen LogP contribution in [0.4, 0.5) is 12.9 Å². The highest BCUT2D eigenvalue weighted by atomic mass is 28.4. The predicted octanol–water partition coefficient (Wildman–Crippen LogP) is 4.36. The average molecular weight is 395 g/mol. The van der Waals surface area contributed by atoms with E-state index in [-0.39, 0.29) is 11.6 Å². The van der Waals surface area contributed by atoms with Gasteiger partial charge in [-0.05, 0) is 21.8 Å². The molecule has 27 heavy (non-hydrogen) atoms. The lowest BCUT2D eigenvalue weighted by atomic mass is 9.95. The highest BCUT2D eigenvalue weighted by molar-refractivity contribution is 6.99. The zero-order chi connectivity index (χ0) is 20.0. The van der Waals surface area contributed by atoms with Gasteiger partial charge in [-0.15, -0.1) is 0 Å². The van der Waals surface area contributed by atoms with Gasteiger partial charge in [0.15, 0.2) is 0 Å². The molecule has 0 aliphatic heterocycles. The van der Waals surface area contributed by atoms with Gasteiger partial charge in [-0.25, -0.2) is 0 Å². The fraction of sp³-hybridized carbons (Fsp3) is 0.400. The first-order chi connectivity index (χ1) is 12.7. The lowest BCUT2D eigenvalue weighted by Crippen LogP contribution is -2.66. The minimum Gasteiger partial charge on any atom is -0.447 e. The molecule has 148 valence electrons. The molecule has 0 fully saturated rings. The molecular formula is C20H27BF3O2Si-. The summed E-state index contributed by atoms with van der Waals surface area (Å²) in [7, 11) is -2.62. The number of ether oxygens (including phenoxy) is 1. The van der Waals surface area contributed by atoms with Crippen LogP contribution >= 0.6 is 0 Å². The van der Waals surface area contributed by atoms with E-state index in [2.05, 4.69) is 45.0 Å². The molecule has 0 amide bonds. The minimum atomic E-state index is -4.90. The Balaban J connectivity index is 2.23. The maximum atomic E-state index is 12.3. The number of halogens is 3.